The van der Waals surface area contributed by atoms with Gasteiger partial charge >= 0.3 is 0 Å². The summed E-state index contributed by atoms with van der Waals surface area (Å²) in [6, 6.07) is 8.01. The molecule has 1 aromatic rings. The Hall–Kier alpha value is -0.108. The molecule has 0 bridgehead atoms. The van der Waals surface area contributed by atoms with Crippen LogP contribution in [0.1, 0.15) is 36.1 Å². The molecule has 0 aliphatic carbocycles. The Morgan fingerprint density at radius 1 is 1.40 bits per heavy atom. The van der Waals surface area contributed by atoms with Crippen LogP contribution >= 0.6 is 0 Å². The van der Waals surface area contributed by atoms with Crippen LogP contribution in [0.15, 0.2) is 17.8 Å². The minimum absolute atomic E-state index is 0. The van der Waals surface area contributed by atoms with Gasteiger partial charge < -0.3 is 17.4 Å². The molecule has 0 saturated heterocycles. The zero-order valence-electron chi connectivity index (χ0n) is 11.7. The normalized spacial score (nSPS) is 17.2. The van der Waals surface area contributed by atoms with Gasteiger partial charge in [-0.15, -0.1) is 6.92 Å². The zero-order chi connectivity index (χ0) is 13.3. The Balaban J connectivity index is 0.00000180. The van der Waals surface area contributed by atoms with Gasteiger partial charge in [0.25, 0.3) is 0 Å². The third-order valence-electron chi connectivity index (χ3n) is 3.02. The summed E-state index contributed by atoms with van der Waals surface area (Å²) in [5.74, 6) is -0.146. The third-order valence-corrected chi connectivity index (χ3v) is 3.02. The van der Waals surface area contributed by atoms with Crippen LogP contribution in [0.25, 0.3) is 0 Å². The molecule has 1 N–H and O–H groups in total. The summed E-state index contributed by atoms with van der Waals surface area (Å²) in [5, 5.41) is 3.11. The Morgan fingerprint density at radius 2 is 2.05 bits per heavy atom. The van der Waals surface area contributed by atoms with E-state index in [4.69, 9.17) is 0 Å². The van der Waals surface area contributed by atoms with Gasteiger partial charge in [0.1, 0.15) is 0 Å². The molecule has 20 heavy (non-hydrogen) atoms. The number of nitrogens with one attached hydrogen (secondary N) is 1. The van der Waals surface area contributed by atoms with E-state index < -0.39 is 0 Å². The summed E-state index contributed by atoms with van der Waals surface area (Å²) in [7, 11) is 0. The van der Waals surface area contributed by atoms with E-state index >= 15 is 0 Å². The number of hydrogen-bond acceptors (Lipinski definition) is 3. The second-order valence-corrected chi connectivity index (χ2v) is 4.62. The Bertz CT molecular complexity index is 555. The van der Waals surface area contributed by atoms with Crippen molar-refractivity contribution in [3.8, 4) is 0 Å². The van der Waals surface area contributed by atoms with Crippen molar-refractivity contribution in [2.45, 2.75) is 33.2 Å². The van der Waals surface area contributed by atoms with Gasteiger partial charge in [-0.25, -0.2) is 0 Å². The number of carbonyl (C=O) groups excluding carboxylic acids is 2. The van der Waals surface area contributed by atoms with Gasteiger partial charge in [0, 0.05) is 79.2 Å². The second kappa shape index (κ2) is 8.36. The first kappa shape index (κ1) is 19.9. The average molecular weight is 514 g/mol. The minimum Gasteiger partial charge on any atom is -0.379 e. The van der Waals surface area contributed by atoms with Crippen molar-refractivity contribution in [2.75, 3.05) is 0 Å². The molecule has 1 unspecified atom stereocenters. The number of ketones is 2. The van der Waals surface area contributed by atoms with E-state index in [1.807, 2.05) is 19.9 Å². The Morgan fingerprint density at radius 3 is 2.65 bits per heavy atom. The van der Waals surface area contributed by atoms with Gasteiger partial charge in [0.05, 0.1) is 5.70 Å². The molecule has 5 heteroatoms. The van der Waals surface area contributed by atoms with Gasteiger partial charge in [-0.05, 0) is 0 Å². The van der Waals surface area contributed by atoms with Crippen LogP contribution in [0.2, 0.25) is 0 Å². The van der Waals surface area contributed by atoms with Gasteiger partial charge in [-0.1, -0.05) is 6.92 Å². The maximum Gasteiger partial charge on any atom is 0.175 e. The number of hydrogen-bond donors (Lipinski definition) is 1. The van der Waals surface area contributed by atoms with Crippen LogP contribution in [0.4, 0.5) is 0 Å². The topological polar surface area (TPSA) is 46.2 Å². The van der Waals surface area contributed by atoms with Crippen LogP contribution in [-0.2, 0) is 63.4 Å². The van der Waals surface area contributed by atoms with Crippen molar-refractivity contribution in [3.63, 3.8) is 0 Å². The predicted molar refractivity (Wildman–Crippen MR) is 67.9 cm³/mol. The van der Waals surface area contributed by atoms with E-state index in [-0.39, 0.29) is 71.4 Å². The molecule has 103 valence electrons. The van der Waals surface area contributed by atoms with E-state index in [9.17, 15) is 9.59 Å². The number of aryl methyl sites for hydroxylation is 2. The van der Waals surface area contributed by atoms with Crippen molar-refractivity contribution in [3.05, 3.63) is 46.7 Å². The molecule has 3 nitrogen and oxygen atoms in total. The molecule has 0 aromatic heterocycles. The molecule has 0 saturated carbocycles. The molecule has 1 aliphatic rings. The smallest absolute Gasteiger partial charge is 0.175 e. The van der Waals surface area contributed by atoms with E-state index in [1.54, 1.807) is 0 Å². The van der Waals surface area contributed by atoms with E-state index in [2.05, 4.69) is 17.4 Å². The molecule has 0 spiro atoms. The van der Waals surface area contributed by atoms with Gasteiger partial charge in [-0.2, -0.15) is 0 Å². The monoisotopic (exact) mass is 514 g/mol. The summed E-state index contributed by atoms with van der Waals surface area (Å²) in [4.78, 5) is 23.0. The van der Waals surface area contributed by atoms with Gasteiger partial charge in [-0.3, -0.25) is 32.3 Å². The summed E-state index contributed by atoms with van der Waals surface area (Å²) in [6.07, 6.45) is 1.74. The Labute approximate surface area is 159 Å². The Kier molecular flexibility index (Phi) is 8.32. The third kappa shape index (κ3) is 4.72. The summed E-state index contributed by atoms with van der Waals surface area (Å²) < 4.78 is 0. The quantitative estimate of drug-likeness (QED) is 0.615. The number of rotatable bonds is 2. The zero-order valence-corrected chi connectivity index (χ0v) is 17.5. The minimum atomic E-state index is -0.172. The van der Waals surface area contributed by atoms with Crippen LogP contribution in [0, 0.1) is 26.0 Å². The molecule has 1 atom stereocenters. The van der Waals surface area contributed by atoms with Gasteiger partial charge in [0.2, 0.25) is 0 Å². The molecule has 1 radical (unpaired) electrons. The molecule has 1 heterocycles. The fourth-order valence-electron chi connectivity index (χ4n) is 2.07. The van der Waals surface area contributed by atoms with E-state index in [0.29, 0.717) is 12.1 Å². The maximum absolute atomic E-state index is 11.7. The van der Waals surface area contributed by atoms with Crippen molar-refractivity contribution in [1.82, 2.24) is 5.32 Å². The second-order valence-electron chi connectivity index (χ2n) is 4.62. The van der Waals surface area contributed by atoms with Crippen molar-refractivity contribution in [2.24, 2.45) is 0 Å². The largest absolute Gasteiger partial charge is 0.379 e. The van der Waals surface area contributed by atoms with Crippen molar-refractivity contribution < 1.29 is 63.4 Å². The molecular weight excluding hydrogens is 499 g/mol. The van der Waals surface area contributed by atoms with Crippen LogP contribution < -0.4 is 5.32 Å². The number of carbonyl (C=O) groups is 2. The predicted octanol–water partition coefficient (Wildman–Crippen LogP) is 1.98. The van der Waals surface area contributed by atoms with Crippen LogP contribution in [0.5, 0.6) is 0 Å². The van der Waals surface area contributed by atoms with Crippen molar-refractivity contribution >= 4 is 11.6 Å². The first-order valence-corrected chi connectivity index (χ1v) is 5.90. The molecule has 1 aliphatic heterocycles. The van der Waals surface area contributed by atoms with Crippen LogP contribution in [0.3, 0.4) is 0 Å². The van der Waals surface area contributed by atoms with E-state index in [1.165, 1.54) is 13.0 Å². The fourth-order valence-corrected chi connectivity index (χ4v) is 2.07. The molecule has 2 rings (SSSR count). The van der Waals surface area contributed by atoms with Crippen molar-refractivity contribution in [1.29, 1.82) is 0 Å². The summed E-state index contributed by atoms with van der Waals surface area (Å²) in [6.45, 7) is 5.32. The summed E-state index contributed by atoms with van der Waals surface area (Å²) in [5.41, 5.74) is 3.25. The molecular formula is C15H15NO2WY-2. The number of Topliss-reactive ketones (excluding diaryl/α,β-unsaturated/α-hetero) is 1. The van der Waals surface area contributed by atoms with E-state index in [0.717, 1.165) is 16.7 Å². The summed E-state index contributed by atoms with van der Waals surface area (Å²) >= 11 is 0. The standard InChI is InChI=1S/C15H15NO2.W.Y/c1-9-4-5-10(2)13(6-9)15-8-12(18)7-14(16-15)11(3)17;;/h5,7,15-16H,8H2,1-3H3;;/q-2;;. The molecule has 0 amide bonds. The first-order valence-electron chi connectivity index (χ1n) is 5.90. The fraction of sp³-hybridized carbons (Fsp3) is 0.333. The molecule has 1 aromatic carbocycles. The SMILES string of the molecule is CC(=O)C1=CC(=O)CC(c2[c-]c(C)[c-]cc2C)N1.[W].[Y]. The van der Waals surface area contributed by atoms with Crippen LogP contribution in [-0.4, -0.2) is 11.6 Å². The maximum atomic E-state index is 11.7. The number of benzene rings is 1. The molecule has 0 fully saturated rings. The average Bonchev–Trinajstić information content (AvgIpc) is 2.31. The number of allylic oxidation sites excluding steroid dienone is 2. The first-order chi connectivity index (χ1) is 8.47. The van der Waals surface area contributed by atoms with Gasteiger partial charge in [0.15, 0.2) is 11.6 Å².